The third kappa shape index (κ3) is 3.83. The molecule has 5 aliphatic rings. The average Bonchev–Trinajstić information content (AvgIpc) is 3.26. The van der Waals surface area contributed by atoms with E-state index in [0.717, 1.165) is 49.4 Å². The summed E-state index contributed by atoms with van der Waals surface area (Å²) in [6.07, 6.45) is 10.4. The smallest absolute Gasteiger partial charge is 0.253 e. The van der Waals surface area contributed by atoms with Crippen molar-refractivity contribution in [3.05, 3.63) is 29.8 Å². The molecule has 6 rings (SSSR count). The zero-order valence-electron chi connectivity index (χ0n) is 18.2. The third-order valence-electron chi connectivity index (χ3n) is 8.34. The lowest BCUT2D eigenvalue weighted by atomic mass is 9.48. The van der Waals surface area contributed by atoms with E-state index in [1.54, 1.807) is 0 Å². The Kier molecular flexibility index (Phi) is 5.24. The SMILES string of the molecule is C[C@H](NC(=O)CNc1cccc(C(=O)N2CCCC2)c1)C12CC3CC(CC(C3)C1)C2. The number of hydrogen-bond acceptors (Lipinski definition) is 3. The van der Waals surface area contributed by atoms with E-state index in [4.69, 9.17) is 0 Å². The Morgan fingerprint density at radius 1 is 1.07 bits per heavy atom. The number of carbonyl (C=O) groups excluding carboxylic acids is 2. The van der Waals surface area contributed by atoms with E-state index in [1.807, 2.05) is 29.2 Å². The van der Waals surface area contributed by atoms with Crippen LogP contribution >= 0.6 is 0 Å². The third-order valence-corrected chi connectivity index (χ3v) is 8.34. The van der Waals surface area contributed by atoms with Gasteiger partial charge in [0.2, 0.25) is 5.91 Å². The first-order valence-electron chi connectivity index (χ1n) is 11.9. The maximum absolute atomic E-state index is 12.7. The minimum absolute atomic E-state index is 0.0505. The molecule has 2 N–H and O–H groups in total. The quantitative estimate of drug-likeness (QED) is 0.745. The Hall–Kier alpha value is -2.04. The van der Waals surface area contributed by atoms with Gasteiger partial charge in [-0.3, -0.25) is 9.59 Å². The molecular formula is C25H35N3O2. The molecule has 1 heterocycles. The molecule has 0 unspecified atom stereocenters. The van der Waals surface area contributed by atoms with Crippen LogP contribution in [0.15, 0.2) is 24.3 Å². The van der Waals surface area contributed by atoms with Crippen molar-refractivity contribution in [2.45, 2.75) is 64.3 Å². The molecule has 5 nitrogen and oxygen atoms in total. The van der Waals surface area contributed by atoms with Crippen LogP contribution < -0.4 is 10.6 Å². The first-order chi connectivity index (χ1) is 14.5. The number of nitrogens with one attached hydrogen (secondary N) is 2. The molecule has 5 heteroatoms. The summed E-state index contributed by atoms with van der Waals surface area (Å²) in [5.41, 5.74) is 1.86. The fourth-order valence-electron chi connectivity index (χ4n) is 7.20. The molecule has 162 valence electrons. The van der Waals surface area contributed by atoms with Gasteiger partial charge in [0.1, 0.15) is 0 Å². The van der Waals surface area contributed by atoms with Gasteiger partial charge in [-0.15, -0.1) is 0 Å². The maximum atomic E-state index is 12.7. The molecule has 5 fully saturated rings. The minimum Gasteiger partial charge on any atom is -0.376 e. The van der Waals surface area contributed by atoms with E-state index in [-0.39, 0.29) is 24.4 Å². The second kappa shape index (κ2) is 7.90. The molecule has 4 bridgehead atoms. The normalized spacial score (nSPS) is 32.8. The molecule has 0 aromatic heterocycles. The van der Waals surface area contributed by atoms with Gasteiger partial charge in [-0.2, -0.15) is 0 Å². The lowest BCUT2D eigenvalue weighted by Gasteiger charge is -2.59. The van der Waals surface area contributed by atoms with Crippen LogP contribution in [0.5, 0.6) is 0 Å². The molecule has 1 aromatic carbocycles. The maximum Gasteiger partial charge on any atom is 0.253 e. The molecule has 1 aliphatic heterocycles. The summed E-state index contributed by atoms with van der Waals surface area (Å²) in [4.78, 5) is 27.2. The van der Waals surface area contributed by atoms with Crippen molar-refractivity contribution < 1.29 is 9.59 Å². The number of benzene rings is 1. The number of likely N-dealkylation sites (tertiary alicyclic amines) is 1. The highest BCUT2D eigenvalue weighted by molar-refractivity contribution is 5.95. The number of nitrogens with zero attached hydrogens (tertiary/aromatic N) is 1. The van der Waals surface area contributed by atoms with Crippen molar-refractivity contribution in [3.63, 3.8) is 0 Å². The molecule has 4 aliphatic carbocycles. The highest BCUT2D eigenvalue weighted by Gasteiger charge is 2.53. The van der Waals surface area contributed by atoms with Gasteiger partial charge in [-0.05, 0) is 99.7 Å². The van der Waals surface area contributed by atoms with Crippen molar-refractivity contribution in [2.24, 2.45) is 23.2 Å². The van der Waals surface area contributed by atoms with Crippen molar-refractivity contribution in [3.8, 4) is 0 Å². The molecular weight excluding hydrogens is 374 g/mol. The molecule has 0 spiro atoms. The highest BCUT2D eigenvalue weighted by Crippen LogP contribution is 2.61. The van der Waals surface area contributed by atoms with E-state index < -0.39 is 0 Å². The molecule has 1 aromatic rings. The predicted octanol–water partition coefficient (Wildman–Crippen LogP) is 4.06. The van der Waals surface area contributed by atoms with Gasteiger partial charge in [-0.25, -0.2) is 0 Å². The largest absolute Gasteiger partial charge is 0.376 e. The van der Waals surface area contributed by atoms with Gasteiger partial charge in [0, 0.05) is 30.4 Å². The van der Waals surface area contributed by atoms with Crippen molar-refractivity contribution in [2.75, 3.05) is 25.0 Å². The molecule has 1 saturated heterocycles. The molecule has 0 radical (unpaired) electrons. The number of hydrogen-bond donors (Lipinski definition) is 2. The second-order valence-corrected chi connectivity index (χ2v) is 10.5. The summed E-state index contributed by atoms with van der Waals surface area (Å²) < 4.78 is 0. The first-order valence-corrected chi connectivity index (χ1v) is 11.9. The van der Waals surface area contributed by atoms with Crippen LogP contribution in [0.4, 0.5) is 5.69 Å². The van der Waals surface area contributed by atoms with Gasteiger partial charge < -0.3 is 15.5 Å². The number of carbonyl (C=O) groups is 2. The van der Waals surface area contributed by atoms with Crippen molar-refractivity contribution in [1.29, 1.82) is 0 Å². The van der Waals surface area contributed by atoms with Gasteiger partial charge in [-0.1, -0.05) is 6.07 Å². The Bertz CT molecular complexity index is 779. The van der Waals surface area contributed by atoms with Crippen LogP contribution in [-0.4, -0.2) is 42.4 Å². The molecule has 1 atom stereocenters. The lowest BCUT2D eigenvalue weighted by Crippen LogP contribution is -2.56. The Morgan fingerprint density at radius 3 is 2.33 bits per heavy atom. The Balaban J connectivity index is 1.16. The number of rotatable bonds is 6. The summed E-state index contributed by atoms with van der Waals surface area (Å²) >= 11 is 0. The molecule has 30 heavy (non-hydrogen) atoms. The van der Waals surface area contributed by atoms with Crippen molar-refractivity contribution in [1.82, 2.24) is 10.2 Å². The monoisotopic (exact) mass is 409 g/mol. The van der Waals surface area contributed by atoms with Crippen LogP contribution in [-0.2, 0) is 4.79 Å². The van der Waals surface area contributed by atoms with Gasteiger partial charge in [0.05, 0.1) is 6.54 Å². The summed E-state index contributed by atoms with van der Waals surface area (Å²) in [7, 11) is 0. The highest BCUT2D eigenvalue weighted by atomic mass is 16.2. The van der Waals surface area contributed by atoms with E-state index in [2.05, 4.69) is 17.6 Å². The standard InChI is InChI=1S/C25H35N3O2/c1-17(25-13-18-9-19(14-25)11-20(10-18)15-25)27-23(29)16-26-22-6-4-5-21(12-22)24(30)28-7-2-3-8-28/h4-6,12,17-20,26H,2-3,7-11,13-16H2,1H3,(H,27,29)/t17-,18?,19?,20?,25?/m0/s1. The lowest BCUT2D eigenvalue weighted by molar-refractivity contribution is -0.124. The van der Waals surface area contributed by atoms with Crippen molar-refractivity contribution >= 4 is 17.5 Å². The zero-order valence-corrected chi connectivity index (χ0v) is 18.2. The molecule has 2 amide bonds. The van der Waals surface area contributed by atoms with Crippen LogP contribution in [0.1, 0.15) is 68.6 Å². The van der Waals surface area contributed by atoms with E-state index in [1.165, 1.54) is 38.5 Å². The van der Waals surface area contributed by atoms with Crippen LogP contribution in [0.25, 0.3) is 0 Å². The zero-order chi connectivity index (χ0) is 20.7. The topological polar surface area (TPSA) is 61.4 Å². The fourth-order valence-corrected chi connectivity index (χ4v) is 7.20. The van der Waals surface area contributed by atoms with Gasteiger partial charge >= 0.3 is 0 Å². The minimum atomic E-state index is 0.0505. The number of amides is 2. The first kappa shape index (κ1) is 19.9. The second-order valence-electron chi connectivity index (χ2n) is 10.5. The predicted molar refractivity (Wildman–Crippen MR) is 118 cm³/mol. The van der Waals surface area contributed by atoms with Crippen LogP contribution in [0.2, 0.25) is 0 Å². The molecule has 4 saturated carbocycles. The average molecular weight is 410 g/mol. The van der Waals surface area contributed by atoms with E-state index >= 15 is 0 Å². The summed E-state index contributed by atoms with van der Waals surface area (Å²) in [5.74, 6) is 2.82. The van der Waals surface area contributed by atoms with Gasteiger partial charge in [0.15, 0.2) is 0 Å². The summed E-state index contributed by atoms with van der Waals surface area (Å²) in [6, 6.07) is 7.79. The van der Waals surface area contributed by atoms with E-state index in [9.17, 15) is 9.59 Å². The fraction of sp³-hybridized carbons (Fsp3) is 0.680. The van der Waals surface area contributed by atoms with Crippen LogP contribution in [0.3, 0.4) is 0 Å². The Morgan fingerprint density at radius 2 is 1.70 bits per heavy atom. The summed E-state index contributed by atoms with van der Waals surface area (Å²) in [6.45, 7) is 4.17. The summed E-state index contributed by atoms with van der Waals surface area (Å²) in [5, 5.41) is 6.54. The Labute approximate surface area is 180 Å². The van der Waals surface area contributed by atoms with E-state index in [0.29, 0.717) is 11.0 Å². The van der Waals surface area contributed by atoms with Gasteiger partial charge in [0.25, 0.3) is 5.91 Å². The number of anilines is 1. The van der Waals surface area contributed by atoms with Crippen LogP contribution in [0, 0.1) is 23.2 Å².